The van der Waals surface area contributed by atoms with E-state index >= 15 is 0 Å². The lowest BCUT2D eigenvalue weighted by atomic mass is 9.97. The van der Waals surface area contributed by atoms with Gasteiger partial charge in [0.25, 0.3) is 0 Å². The van der Waals surface area contributed by atoms with Crippen LogP contribution in [-0.4, -0.2) is 29.9 Å². The summed E-state index contributed by atoms with van der Waals surface area (Å²) in [5, 5.41) is 9.97. The van der Waals surface area contributed by atoms with Crippen molar-refractivity contribution in [1.82, 2.24) is 4.90 Å². The van der Waals surface area contributed by atoms with Gasteiger partial charge in [-0.25, -0.2) is 9.18 Å². The summed E-state index contributed by atoms with van der Waals surface area (Å²) >= 11 is 0. The van der Waals surface area contributed by atoms with Gasteiger partial charge < -0.3 is 16.0 Å². The number of benzene rings is 1. The molecule has 1 fully saturated rings. The number of anilines is 1. The molecule has 6 heteroatoms. The largest absolute Gasteiger partial charge is 0.387 e. The average molecular weight is 264 g/mol. The van der Waals surface area contributed by atoms with Gasteiger partial charge in [-0.3, -0.25) is 5.41 Å². The van der Waals surface area contributed by atoms with Crippen LogP contribution in [0.5, 0.6) is 0 Å². The van der Waals surface area contributed by atoms with E-state index in [0.29, 0.717) is 13.1 Å². The standard InChI is InChI=1S/C13H17FN4O/c14-10-5-1-2-6-11(10)17-13(19)18-7-3-4-9(8-18)12(15)16/h1-2,5-6,9H,3-4,7-8H2,(H3,15,16)(H,17,19). The van der Waals surface area contributed by atoms with Crippen LogP contribution in [0, 0.1) is 17.1 Å². The zero-order valence-corrected chi connectivity index (χ0v) is 10.5. The van der Waals surface area contributed by atoms with E-state index in [4.69, 9.17) is 11.1 Å². The Morgan fingerprint density at radius 1 is 1.47 bits per heavy atom. The van der Waals surface area contributed by atoms with Crippen molar-refractivity contribution < 1.29 is 9.18 Å². The summed E-state index contributed by atoms with van der Waals surface area (Å²) < 4.78 is 13.4. The van der Waals surface area contributed by atoms with Crippen molar-refractivity contribution in [2.24, 2.45) is 11.7 Å². The van der Waals surface area contributed by atoms with Crippen molar-refractivity contribution in [2.45, 2.75) is 12.8 Å². The molecule has 1 atom stereocenters. The Labute approximate surface area is 111 Å². The first-order chi connectivity index (χ1) is 9.08. The minimum Gasteiger partial charge on any atom is -0.387 e. The highest BCUT2D eigenvalue weighted by Crippen LogP contribution is 2.18. The SMILES string of the molecule is N=C(N)C1CCCN(C(=O)Nc2ccccc2F)C1. The van der Waals surface area contributed by atoms with Gasteiger partial charge in [-0.1, -0.05) is 12.1 Å². The Kier molecular flexibility index (Phi) is 3.99. The monoisotopic (exact) mass is 264 g/mol. The molecule has 102 valence electrons. The minimum absolute atomic E-state index is 0.0971. The Morgan fingerprint density at radius 3 is 2.89 bits per heavy atom. The zero-order chi connectivity index (χ0) is 13.8. The highest BCUT2D eigenvalue weighted by Gasteiger charge is 2.25. The first-order valence-electron chi connectivity index (χ1n) is 6.22. The molecule has 2 rings (SSSR count). The van der Waals surface area contributed by atoms with Crippen molar-refractivity contribution >= 4 is 17.6 Å². The van der Waals surface area contributed by atoms with Crippen LogP contribution < -0.4 is 11.1 Å². The van der Waals surface area contributed by atoms with Gasteiger partial charge in [0.15, 0.2) is 0 Å². The van der Waals surface area contributed by atoms with Gasteiger partial charge >= 0.3 is 6.03 Å². The number of likely N-dealkylation sites (tertiary alicyclic amines) is 1. The second kappa shape index (κ2) is 5.69. The Hall–Kier alpha value is -2.11. The summed E-state index contributed by atoms with van der Waals surface area (Å²) in [6, 6.07) is 5.69. The number of carbonyl (C=O) groups excluding carboxylic acids is 1. The van der Waals surface area contributed by atoms with Gasteiger partial charge in [-0.15, -0.1) is 0 Å². The Morgan fingerprint density at radius 2 is 2.21 bits per heavy atom. The molecule has 1 aromatic carbocycles. The number of nitrogens with one attached hydrogen (secondary N) is 2. The van der Waals surface area contributed by atoms with E-state index in [2.05, 4.69) is 5.32 Å². The van der Waals surface area contributed by atoms with E-state index in [1.807, 2.05) is 0 Å². The number of nitrogens with zero attached hydrogens (tertiary/aromatic N) is 1. The maximum absolute atomic E-state index is 13.4. The molecule has 1 saturated heterocycles. The minimum atomic E-state index is -0.462. The second-order valence-corrected chi connectivity index (χ2v) is 4.65. The molecule has 4 N–H and O–H groups in total. The molecule has 0 saturated carbocycles. The fraction of sp³-hybridized carbons (Fsp3) is 0.385. The molecule has 0 spiro atoms. The molecule has 0 bridgehead atoms. The topological polar surface area (TPSA) is 82.2 Å². The number of urea groups is 1. The maximum atomic E-state index is 13.4. The number of hydrogen-bond donors (Lipinski definition) is 3. The molecular weight excluding hydrogens is 247 g/mol. The van der Waals surface area contributed by atoms with E-state index in [9.17, 15) is 9.18 Å². The van der Waals surface area contributed by atoms with Crippen LogP contribution in [0.3, 0.4) is 0 Å². The molecule has 1 heterocycles. The van der Waals surface area contributed by atoms with Gasteiger partial charge in [-0.2, -0.15) is 0 Å². The number of rotatable bonds is 2. The third-order valence-electron chi connectivity index (χ3n) is 3.26. The van der Waals surface area contributed by atoms with Gasteiger partial charge in [0.1, 0.15) is 5.82 Å². The number of amides is 2. The molecular formula is C13H17FN4O. The number of amidine groups is 1. The number of para-hydroxylation sites is 1. The van der Waals surface area contributed by atoms with Crippen molar-refractivity contribution in [3.05, 3.63) is 30.1 Å². The number of carbonyl (C=O) groups is 1. The number of piperidine rings is 1. The lowest BCUT2D eigenvalue weighted by Gasteiger charge is -2.32. The van der Waals surface area contributed by atoms with Crippen LogP contribution in [0.1, 0.15) is 12.8 Å². The predicted molar refractivity (Wildman–Crippen MR) is 71.6 cm³/mol. The first kappa shape index (κ1) is 13.3. The molecule has 0 aliphatic carbocycles. The highest BCUT2D eigenvalue weighted by atomic mass is 19.1. The van der Waals surface area contributed by atoms with Crippen molar-refractivity contribution in [3.63, 3.8) is 0 Å². The Balaban J connectivity index is 2.00. The van der Waals surface area contributed by atoms with Crippen LogP contribution in [0.15, 0.2) is 24.3 Å². The number of hydrogen-bond acceptors (Lipinski definition) is 2. The van der Waals surface area contributed by atoms with E-state index in [-0.39, 0.29) is 23.5 Å². The van der Waals surface area contributed by atoms with Crippen molar-refractivity contribution in [3.8, 4) is 0 Å². The van der Waals surface area contributed by atoms with Gasteiger partial charge in [0.2, 0.25) is 0 Å². The Bertz CT molecular complexity index is 491. The van der Waals surface area contributed by atoms with Gasteiger partial charge in [0.05, 0.1) is 11.5 Å². The molecule has 1 aliphatic heterocycles. The molecule has 0 aromatic heterocycles. The van der Waals surface area contributed by atoms with Crippen molar-refractivity contribution in [1.29, 1.82) is 5.41 Å². The maximum Gasteiger partial charge on any atom is 0.321 e. The van der Waals surface area contributed by atoms with Crippen molar-refractivity contribution in [2.75, 3.05) is 18.4 Å². The summed E-state index contributed by atoms with van der Waals surface area (Å²) in [6.07, 6.45) is 1.62. The van der Waals surface area contributed by atoms with Crippen LogP contribution in [0.25, 0.3) is 0 Å². The number of halogens is 1. The molecule has 1 unspecified atom stereocenters. The average Bonchev–Trinajstić information content (AvgIpc) is 2.41. The molecule has 5 nitrogen and oxygen atoms in total. The summed E-state index contributed by atoms with van der Waals surface area (Å²) in [4.78, 5) is 13.6. The summed E-state index contributed by atoms with van der Waals surface area (Å²) in [5.41, 5.74) is 5.64. The summed E-state index contributed by atoms with van der Waals surface area (Å²) in [6.45, 7) is 1.01. The smallest absolute Gasteiger partial charge is 0.321 e. The van der Waals surface area contributed by atoms with Crippen LogP contribution in [0.2, 0.25) is 0 Å². The second-order valence-electron chi connectivity index (χ2n) is 4.65. The molecule has 2 amide bonds. The van der Waals surface area contributed by atoms with Crippen LogP contribution in [-0.2, 0) is 0 Å². The quantitative estimate of drug-likeness (QED) is 0.564. The lowest BCUT2D eigenvalue weighted by Crippen LogP contribution is -2.45. The van der Waals surface area contributed by atoms with Crippen LogP contribution in [0.4, 0.5) is 14.9 Å². The molecule has 1 aliphatic rings. The summed E-state index contributed by atoms with van der Waals surface area (Å²) in [5.74, 6) is -0.459. The van der Waals surface area contributed by atoms with Gasteiger partial charge in [0, 0.05) is 19.0 Å². The normalized spacial score (nSPS) is 19.0. The molecule has 1 aromatic rings. The lowest BCUT2D eigenvalue weighted by molar-refractivity contribution is 0.191. The van der Waals surface area contributed by atoms with E-state index < -0.39 is 5.82 Å². The van der Waals surface area contributed by atoms with E-state index in [1.54, 1.807) is 17.0 Å². The predicted octanol–water partition coefficient (Wildman–Crippen LogP) is 2.01. The molecule has 0 radical (unpaired) electrons. The zero-order valence-electron chi connectivity index (χ0n) is 10.5. The highest BCUT2D eigenvalue weighted by molar-refractivity contribution is 5.90. The van der Waals surface area contributed by atoms with Crippen LogP contribution >= 0.6 is 0 Å². The third kappa shape index (κ3) is 3.21. The summed E-state index contributed by atoms with van der Waals surface area (Å²) in [7, 11) is 0. The first-order valence-corrected chi connectivity index (χ1v) is 6.22. The fourth-order valence-electron chi connectivity index (χ4n) is 2.17. The fourth-order valence-corrected chi connectivity index (χ4v) is 2.17. The van der Waals surface area contributed by atoms with E-state index in [1.165, 1.54) is 12.1 Å². The van der Waals surface area contributed by atoms with Gasteiger partial charge in [-0.05, 0) is 25.0 Å². The number of nitrogens with two attached hydrogens (primary N) is 1. The molecule has 19 heavy (non-hydrogen) atoms. The van der Waals surface area contributed by atoms with E-state index in [0.717, 1.165) is 12.8 Å². The third-order valence-corrected chi connectivity index (χ3v) is 3.26.